The molecule has 3 aliphatic heterocycles. The molecule has 4 aromatic rings. The smallest absolute Gasteiger partial charge is 0.209 e. The Kier molecular flexibility index (Phi) is 10.9. The average molecular weight is 810 g/mol. The van der Waals surface area contributed by atoms with Crippen molar-refractivity contribution in [2.75, 3.05) is 76.4 Å². The van der Waals surface area contributed by atoms with Gasteiger partial charge in [0, 0.05) is 44.0 Å². The summed E-state index contributed by atoms with van der Waals surface area (Å²) in [5, 5.41) is 27.0. The number of anilines is 2. The van der Waals surface area contributed by atoms with E-state index >= 15 is 0 Å². The Morgan fingerprint density at radius 2 is 1.26 bits per heavy atom. The SMILES string of the molecule is COc1ccc(N2CC[NH+](Cc3c4oc5c(C[NH+]6CCN(c7ccc(OC)cc7)CC6)c([O-])c(Cl)cc5c(-c5ccccc5C(=O)[O-])c-4cc(Cl)c3=O)CC2)cc1. The van der Waals surface area contributed by atoms with Gasteiger partial charge in [-0.15, -0.1) is 0 Å². The fraction of sp³-hybridized carbons (Fsp3) is 0.273. The van der Waals surface area contributed by atoms with Crippen molar-refractivity contribution in [3.8, 4) is 39.7 Å². The Morgan fingerprint density at radius 1 is 0.737 bits per heavy atom. The van der Waals surface area contributed by atoms with Crippen LogP contribution in [0.4, 0.5) is 11.4 Å². The van der Waals surface area contributed by atoms with Crippen molar-refractivity contribution in [3.63, 3.8) is 0 Å². The zero-order valence-electron chi connectivity index (χ0n) is 31.7. The highest BCUT2D eigenvalue weighted by atomic mass is 35.5. The molecule has 13 heteroatoms. The summed E-state index contributed by atoms with van der Waals surface area (Å²) < 4.78 is 17.5. The zero-order chi connectivity index (χ0) is 39.8. The summed E-state index contributed by atoms with van der Waals surface area (Å²) in [6.07, 6.45) is 0. The first-order chi connectivity index (χ1) is 27.6. The fourth-order valence-electron chi connectivity index (χ4n) is 8.28. The number of quaternary nitrogens is 2. The molecule has 0 spiro atoms. The number of aromatic carboxylic acids is 1. The molecule has 8 rings (SSSR count). The molecular formula is C44H42Cl2N4O7. The van der Waals surface area contributed by atoms with Crippen LogP contribution in [0.15, 0.2) is 94.1 Å². The number of carbonyl (C=O) groups is 1. The van der Waals surface area contributed by atoms with Crippen molar-refractivity contribution in [2.24, 2.45) is 0 Å². The van der Waals surface area contributed by atoms with E-state index < -0.39 is 5.97 Å². The van der Waals surface area contributed by atoms with E-state index in [0.29, 0.717) is 46.3 Å². The van der Waals surface area contributed by atoms with E-state index in [1.807, 2.05) is 48.5 Å². The van der Waals surface area contributed by atoms with Crippen molar-refractivity contribution < 1.29 is 38.7 Å². The number of hydrogen-bond acceptors (Lipinski definition) is 9. The summed E-state index contributed by atoms with van der Waals surface area (Å²) in [4.78, 5) is 33.5. The normalized spacial score (nSPS) is 15.4. The molecule has 11 nitrogen and oxygen atoms in total. The number of fused-ring (bicyclic) bond motifs is 2. The van der Waals surface area contributed by atoms with Gasteiger partial charge in [-0.1, -0.05) is 53.2 Å². The quantitative estimate of drug-likeness (QED) is 0.201. The molecular weight excluding hydrogens is 767 g/mol. The minimum atomic E-state index is -1.37. The van der Waals surface area contributed by atoms with Gasteiger partial charge in [0.1, 0.15) is 35.9 Å². The van der Waals surface area contributed by atoms with E-state index in [9.17, 15) is 19.8 Å². The second-order valence-electron chi connectivity index (χ2n) is 14.6. The molecule has 0 amide bonds. The molecule has 0 unspecified atom stereocenters. The standard InChI is InChI=1S/C44H42Cl2N4O7/c1-55-29-11-7-27(8-12-29)49-19-15-47(16-20-49)25-35-40(51)37(45)23-33-39(31-5-3-4-6-32(31)44(53)54)34-24-38(46)41(52)36(43(34)57-42(33)35)26-48-17-21-50(22-18-48)28-9-13-30(56-2)14-10-28/h3-14,23-24,51H,15-22,25-26H2,1-2H3,(H,53,54). The van der Waals surface area contributed by atoms with Gasteiger partial charge in [0.05, 0.1) is 83.1 Å². The van der Waals surface area contributed by atoms with Crippen LogP contribution in [0.2, 0.25) is 10.0 Å². The third-order valence-electron chi connectivity index (χ3n) is 11.4. The minimum absolute atomic E-state index is 0.0126. The molecule has 4 aliphatic rings. The average Bonchev–Trinajstić information content (AvgIpc) is 3.24. The number of hydrogen-bond donors (Lipinski definition) is 2. The van der Waals surface area contributed by atoms with E-state index in [0.717, 1.165) is 85.0 Å². The number of nitrogens with zero attached hydrogens (tertiary/aromatic N) is 2. The number of carboxylic acid groups (broad SMARTS) is 1. The van der Waals surface area contributed by atoms with Gasteiger partial charge in [-0.2, -0.15) is 0 Å². The monoisotopic (exact) mass is 808 g/mol. The number of carboxylic acids is 1. The first-order valence-electron chi connectivity index (χ1n) is 19.0. The van der Waals surface area contributed by atoms with E-state index in [1.54, 1.807) is 32.4 Å². The van der Waals surface area contributed by atoms with Gasteiger partial charge in [-0.25, -0.2) is 0 Å². The van der Waals surface area contributed by atoms with Gasteiger partial charge in [-0.3, -0.25) is 4.79 Å². The maximum atomic E-state index is 14.0. The Balaban J connectivity index is 1.20. The van der Waals surface area contributed by atoms with E-state index in [2.05, 4.69) is 9.80 Å². The van der Waals surface area contributed by atoms with Gasteiger partial charge in [0.2, 0.25) is 5.43 Å². The van der Waals surface area contributed by atoms with Gasteiger partial charge < -0.3 is 48.5 Å². The van der Waals surface area contributed by atoms with E-state index in [4.69, 9.17) is 37.1 Å². The number of ether oxygens (including phenoxy) is 2. The summed E-state index contributed by atoms with van der Waals surface area (Å²) >= 11 is 13.5. The number of methoxy groups -OCH3 is 2. The molecule has 2 saturated heterocycles. The first kappa shape index (κ1) is 38.4. The highest BCUT2D eigenvalue weighted by Gasteiger charge is 2.31. The first-order valence-corrected chi connectivity index (χ1v) is 19.7. The predicted octanol–water partition coefficient (Wildman–Crippen LogP) is 3.14. The highest BCUT2D eigenvalue weighted by molar-refractivity contribution is 6.33. The molecule has 0 aromatic heterocycles. The van der Waals surface area contributed by atoms with Crippen LogP contribution in [0.25, 0.3) is 33.4 Å². The van der Waals surface area contributed by atoms with Crippen LogP contribution in [-0.4, -0.2) is 72.5 Å². The molecule has 2 fully saturated rings. The lowest BCUT2D eigenvalue weighted by atomic mass is 9.88. The topological polar surface area (TPSA) is 127 Å². The summed E-state index contributed by atoms with van der Waals surface area (Å²) in [5.74, 6) is 0.117. The van der Waals surface area contributed by atoms with Crippen LogP contribution in [0.3, 0.4) is 0 Å². The molecule has 294 valence electrons. The maximum absolute atomic E-state index is 14.0. The largest absolute Gasteiger partial charge is 0.871 e. The molecule has 57 heavy (non-hydrogen) atoms. The molecule has 0 saturated carbocycles. The van der Waals surface area contributed by atoms with Crippen LogP contribution in [0.5, 0.6) is 17.2 Å². The van der Waals surface area contributed by atoms with Crippen LogP contribution < -0.4 is 44.7 Å². The number of nitrogens with one attached hydrogen (secondary N) is 2. The van der Waals surface area contributed by atoms with Crippen molar-refractivity contribution in [2.45, 2.75) is 13.1 Å². The molecule has 0 atom stereocenters. The summed E-state index contributed by atoms with van der Waals surface area (Å²) in [5.41, 5.74) is 4.02. The lowest BCUT2D eigenvalue weighted by molar-refractivity contribution is -0.914. The van der Waals surface area contributed by atoms with E-state index in [1.165, 1.54) is 18.2 Å². The second kappa shape index (κ2) is 16.2. The zero-order valence-corrected chi connectivity index (χ0v) is 33.2. The van der Waals surface area contributed by atoms with Crippen LogP contribution in [0.1, 0.15) is 21.5 Å². The lowest BCUT2D eigenvalue weighted by Crippen LogP contribution is -3.13. The summed E-state index contributed by atoms with van der Waals surface area (Å²) in [6.45, 7) is 6.63. The van der Waals surface area contributed by atoms with Crippen molar-refractivity contribution in [3.05, 3.63) is 122 Å². The van der Waals surface area contributed by atoms with Crippen molar-refractivity contribution >= 4 is 51.5 Å². The summed E-state index contributed by atoms with van der Waals surface area (Å²) in [7, 11) is 3.29. The molecule has 4 aromatic carbocycles. The highest BCUT2D eigenvalue weighted by Crippen LogP contribution is 2.46. The van der Waals surface area contributed by atoms with Crippen molar-refractivity contribution in [1.29, 1.82) is 0 Å². The third-order valence-corrected chi connectivity index (χ3v) is 12.0. The van der Waals surface area contributed by atoms with E-state index in [-0.39, 0.29) is 38.1 Å². The molecule has 2 N–H and O–H groups in total. The van der Waals surface area contributed by atoms with Gasteiger partial charge in [0.25, 0.3) is 0 Å². The number of carbonyl (C=O) groups excluding carboxylic acids is 1. The van der Waals surface area contributed by atoms with Crippen LogP contribution >= 0.6 is 23.2 Å². The van der Waals surface area contributed by atoms with Gasteiger partial charge in [0.15, 0.2) is 0 Å². The van der Waals surface area contributed by atoms with Gasteiger partial charge >= 0.3 is 0 Å². The Morgan fingerprint density at radius 3 is 1.79 bits per heavy atom. The van der Waals surface area contributed by atoms with Crippen molar-refractivity contribution in [1.82, 2.24) is 0 Å². The minimum Gasteiger partial charge on any atom is -0.871 e. The van der Waals surface area contributed by atoms with Crippen LogP contribution in [0, 0.1) is 0 Å². The van der Waals surface area contributed by atoms with Gasteiger partial charge in [-0.05, 0) is 66.2 Å². The number of rotatable bonds is 10. The second-order valence-corrected chi connectivity index (χ2v) is 15.4. The number of halogens is 2. The maximum Gasteiger partial charge on any atom is 0.209 e. The Bertz CT molecular complexity index is 2460. The summed E-state index contributed by atoms with van der Waals surface area (Å²) in [6, 6.07) is 25.5. The Hall–Kier alpha value is -5.46. The number of piperazine rings is 2. The third kappa shape index (κ3) is 7.56. The molecule has 1 aliphatic carbocycles. The predicted molar refractivity (Wildman–Crippen MR) is 218 cm³/mol. The molecule has 0 radical (unpaired) electrons. The number of benzene rings is 5. The molecule has 0 bridgehead atoms. The van der Waals surface area contributed by atoms with Crippen LogP contribution in [-0.2, 0) is 13.1 Å². The Labute approximate surface area is 340 Å². The fourth-order valence-corrected chi connectivity index (χ4v) is 8.73. The molecule has 3 heterocycles. The lowest BCUT2D eigenvalue weighted by Gasteiger charge is -2.35.